The summed E-state index contributed by atoms with van der Waals surface area (Å²) in [4.78, 5) is 25.2. The van der Waals surface area contributed by atoms with Crippen molar-refractivity contribution in [3.63, 3.8) is 0 Å². The van der Waals surface area contributed by atoms with Gasteiger partial charge in [-0.1, -0.05) is 12.8 Å². The van der Waals surface area contributed by atoms with E-state index in [2.05, 4.69) is 9.97 Å². The number of nitrogen functional groups attached to an aromatic ring is 1. The Balaban J connectivity index is 1.46. The number of methoxy groups -OCH3 is 2. The van der Waals surface area contributed by atoms with Gasteiger partial charge in [0.05, 0.1) is 14.2 Å². The zero-order valence-electron chi connectivity index (χ0n) is 18.6. The number of rotatable bonds is 6. The van der Waals surface area contributed by atoms with E-state index in [1.54, 1.807) is 6.07 Å². The van der Waals surface area contributed by atoms with Gasteiger partial charge in [0.1, 0.15) is 11.3 Å². The molecule has 9 nitrogen and oxygen atoms in total. The highest BCUT2D eigenvalue weighted by Gasteiger charge is 2.29. The van der Waals surface area contributed by atoms with Crippen LogP contribution in [0.15, 0.2) is 6.07 Å². The molecule has 4 N–H and O–H groups in total. The zero-order valence-corrected chi connectivity index (χ0v) is 18.6. The van der Waals surface area contributed by atoms with Crippen LogP contribution < -0.4 is 25.8 Å². The SMILES string of the molecule is COc1cc2c(N)nc(N3CCN(C(=O)C[C@@H](N)C4CCCC4)CC3)nc2c(F)c1OC. The van der Waals surface area contributed by atoms with E-state index in [1.807, 2.05) is 9.80 Å². The van der Waals surface area contributed by atoms with Gasteiger partial charge in [0.2, 0.25) is 11.9 Å². The summed E-state index contributed by atoms with van der Waals surface area (Å²) in [5.74, 6) is 0.584. The van der Waals surface area contributed by atoms with Crippen LogP contribution in [-0.4, -0.2) is 67.2 Å². The molecule has 1 aliphatic carbocycles. The van der Waals surface area contributed by atoms with Crippen LogP contribution in [0.2, 0.25) is 0 Å². The standard InChI is InChI=1S/C22H31FN6O3/c1-31-16-11-14-19(18(23)20(16)32-2)26-22(27-21(14)25)29-9-7-28(8-10-29)17(30)12-15(24)13-5-3-4-6-13/h11,13,15H,3-10,12,24H2,1-2H3,(H2,25,26,27)/t15-/m1/s1. The summed E-state index contributed by atoms with van der Waals surface area (Å²) in [5.41, 5.74) is 12.5. The molecular formula is C22H31FN6O3. The van der Waals surface area contributed by atoms with Crippen molar-refractivity contribution in [3.05, 3.63) is 11.9 Å². The Hall–Kier alpha value is -2.88. The Morgan fingerprint density at radius 3 is 2.50 bits per heavy atom. The molecule has 10 heteroatoms. The molecule has 0 unspecified atom stereocenters. The molecule has 1 saturated heterocycles. The van der Waals surface area contributed by atoms with E-state index >= 15 is 4.39 Å². The third kappa shape index (κ3) is 4.23. The molecule has 1 aromatic carbocycles. The van der Waals surface area contributed by atoms with E-state index in [-0.39, 0.29) is 34.8 Å². The number of ether oxygens (including phenoxy) is 2. The molecule has 2 aromatic rings. The summed E-state index contributed by atoms with van der Waals surface area (Å²) in [6.07, 6.45) is 5.04. The average Bonchev–Trinajstić information content (AvgIpc) is 3.34. The van der Waals surface area contributed by atoms with Gasteiger partial charge >= 0.3 is 0 Å². The number of benzene rings is 1. The Morgan fingerprint density at radius 2 is 1.88 bits per heavy atom. The molecule has 1 aliphatic heterocycles. The maximum Gasteiger partial charge on any atom is 0.228 e. The fourth-order valence-electron chi connectivity index (χ4n) is 4.72. The van der Waals surface area contributed by atoms with Crippen molar-refractivity contribution < 1.29 is 18.7 Å². The van der Waals surface area contributed by atoms with Crippen molar-refractivity contribution in [2.45, 2.75) is 38.1 Å². The lowest BCUT2D eigenvalue weighted by Crippen LogP contribution is -2.50. The van der Waals surface area contributed by atoms with Crippen LogP contribution in [0, 0.1) is 11.7 Å². The Labute approximate surface area is 186 Å². The van der Waals surface area contributed by atoms with Crippen LogP contribution in [0.25, 0.3) is 10.9 Å². The van der Waals surface area contributed by atoms with Gasteiger partial charge in [-0.25, -0.2) is 9.37 Å². The van der Waals surface area contributed by atoms with Crippen LogP contribution in [0.3, 0.4) is 0 Å². The van der Waals surface area contributed by atoms with Crippen LogP contribution in [0.1, 0.15) is 32.1 Å². The van der Waals surface area contributed by atoms with Crippen molar-refractivity contribution in [3.8, 4) is 11.5 Å². The summed E-state index contributed by atoms with van der Waals surface area (Å²) < 4.78 is 25.4. The van der Waals surface area contributed by atoms with Crippen molar-refractivity contribution in [2.75, 3.05) is 51.0 Å². The van der Waals surface area contributed by atoms with Crippen molar-refractivity contribution in [1.29, 1.82) is 0 Å². The highest BCUT2D eigenvalue weighted by Crippen LogP contribution is 2.37. The van der Waals surface area contributed by atoms with Crippen molar-refractivity contribution in [2.24, 2.45) is 11.7 Å². The number of halogens is 1. The molecule has 2 aliphatic rings. The first-order chi connectivity index (χ1) is 15.4. The lowest BCUT2D eigenvalue weighted by molar-refractivity contribution is -0.132. The first-order valence-corrected chi connectivity index (χ1v) is 11.1. The molecule has 0 radical (unpaired) electrons. The molecule has 0 spiro atoms. The summed E-state index contributed by atoms with van der Waals surface area (Å²) in [7, 11) is 2.79. The van der Waals surface area contributed by atoms with E-state index in [0.29, 0.717) is 49.9 Å². The number of carbonyl (C=O) groups excluding carboxylic acids is 1. The molecule has 1 saturated carbocycles. The van der Waals surface area contributed by atoms with Gasteiger partial charge in [-0.15, -0.1) is 0 Å². The lowest BCUT2D eigenvalue weighted by atomic mass is 9.96. The number of aromatic nitrogens is 2. The number of piperazine rings is 1. The molecule has 32 heavy (non-hydrogen) atoms. The third-order valence-electron chi connectivity index (χ3n) is 6.62. The Kier molecular flexibility index (Phi) is 6.50. The van der Waals surface area contributed by atoms with Gasteiger partial charge in [-0.2, -0.15) is 4.98 Å². The summed E-state index contributed by atoms with van der Waals surface area (Å²) in [6, 6.07) is 1.50. The fourth-order valence-corrected chi connectivity index (χ4v) is 4.72. The monoisotopic (exact) mass is 446 g/mol. The molecular weight excluding hydrogens is 415 g/mol. The number of anilines is 2. The summed E-state index contributed by atoms with van der Waals surface area (Å²) in [5, 5.41) is 0.360. The molecule has 1 aromatic heterocycles. The van der Waals surface area contributed by atoms with E-state index in [9.17, 15) is 4.79 Å². The fraction of sp³-hybridized carbons (Fsp3) is 0.591. The molecule has 1 amide bonds. The minimum atomic E-state index is -0.646. The molecule has 174 valence electrons. The smallest absolute Gasteiger partial charge is 0.228 e. The predicted octanol–water partition coefficient (Wildman–Crippen LogP) is 1.92. The first kappa shape index (κ1) is 22.3. The average molecular weight is 447 g/mol. The highest BCUT2D eigenvalue weighted by molar-refractivity contribution is 5.92. The normalized spacial score (nSPS) is 18.2. The van der Waals surface area contributed by atoms with E-state index in [0.717, 1.165) is 12.8 Å². The minimum absolute atomic E-state index is 0.0296. The molecule has 1 atom stereocenters. The molecule has 0 bridgehead atoms. The largest absolute Gasteiger partial charge is 0.493 e. The number of fused-ring (bicyclic) bond motifs is 1. The van der Waals surface area contributed by atoms with E-state index < -0.39 is 5.82 Å². The maximum absolute atomic E-state index is 15.0. The lowest BCUT2D eigenvalue weighted by Gasteiger charge is -2.35. The van der Waals surface area contributed by atoms with Gasteiger partial charge in [-0.05, 0) is 24.8 Å². The van der Waals surface area contributed by atoms with Gasteiger partial charge in [-0.3, -0.25) is 4.79 Å². The Morgan fingerprint density at radius 1 is 1.19 bits per heavy atom. The molecule has 2 heterocycles. The third-order valence-corrected chi connectivity index (χ3v) is 6.62. The number of hydrogen-bond donors (Lipinski definition) is 2. The maximum atomic E-state index is 15.0. The van der Waals surface area contributed by atoms with Crippen LogP contribution in [-0.2, 0) is 4.79 Å². The van der Waals surface area contributed by atoms with Crippen LogP contribution in [0.5, 0.6) is 11.5 Å². The zero-order chi connectivity index (χ0) is 22.8. The quantitative estimate of drug-likeness (QED) is 0.691. The number of nitrogens with zero attached hydrogens (tertiary/aromatic N) is 4. The predicted molar refractivity (Wildman–Crippen MR) is 120 cm³/mol. The van der Waals surface area contributed by atoms with Gasteiger partial charge < -0.3 is 30.7 Å². The second-order valence-electron chi connectivity index (χ2n) is 8.51. The first-order valence-electron chi connectivity index (χ1n) is 11.1. The van der Waals surface area contributed by atoms with Crippen molar-refractivity contribution >= 4 is 28.6 Å². The topological polar surface area (TPSA) is 120 Å². The summed E-state index contributed by atoms with van der Waals surface area (Å²) in [6.45, 7) is 2.13. The number of amides is 1. The number of hydrogen-bond acceptors (Lipinski definition) is 8. The summed E-state index contributed by atoms with van der Waals surface area (Å²) >= 11 is 0. The minimum Gasteiger partial charge on any atom is -0.493 e. The molecule has 4 rings (SSSR count). The van der Waals surface area contributed by atoms with Gasteiger partial charge in [0.15, 0.2) is 17.3 Å². The van der Waals surface area contributed by atoms with Gasteiger partial charge in [0.25, 0.3) is 0 Å². The van der Waals surface area contributed by atoms with Gasteiger partial charge in [0, 0.05) is 44.0 Å². The second kappa shape index (κ2) is 9.32. The second-order valence-corrected chi connectivity index (χ2v) is 8.51. The number of carbonyl (C=O) groups is 1. The number of nitrogens with two attached hydrogens (primary N) is 2. The molecule has 2 fully saturated rings. The van der Waals surface area contributed by atoms with Crippen molar-refractivity contribution in [1.82, 2.24) is 14.9 Å². The van der Waals surface area contributed by atoms with E-state index in [4.69, 9.17) is 20.9 Å². The highest BCUT2D eigenvalue weighted by atomic mass is 19.1. The van der Waals surface area contributed by atoms with Crippen LogP contribution in [0.4, 0.5) is 16.2 Å². The van der Waals surface area contributed by atoms with E-state index in [1.165, 1.54) is 27.1 Å². The Bertz CT molecular complexity index is 990. The van der Waals surface area contributed by atoms with Crippen LogP contribution >= 0.6 is 0 Å².